The summed E-state index contributed by atoms with van der Waals surface area (Å²) in [5.41, 5.74) is 3.31. The molecule has 30 heavy (non-hydrogen) atoms. The average molecular weight is 414 g/mol. The van der Waals surface area contributed by atoms with Gasteiger partial charge in [-0.2, -0.15) is 5.26 Å². The lowest BCUT2D eigenvalue weighted by molar-refractivity contribution is -0.132. The lowest BCUT2D eigenvalue weighted by Gasteiger charge is -2.24. The highest BCUT2D eigenvalue weighted by atomic mass is 32.1. The van der Waals surface area contributed by atoms with Gasteiger partial charge in [0, 0.05) is 16.1 Å². The molecule has 0 spiro atoms. The molecule has 0 aliphatic carbocycles. The first-order valence-electron chi connectivity index (χ1n) is 9.34. The normalized spacial score (nSPS) is 17.9. The fraction of sp³-hybridized carbons (Fsp3) is 0.125. The van der Waals surface area contributed by atoms with Crippen LogP contribution in [0.1, 0.15) is 33.2 Å². The van der Waals surface area contributed by atoms with E-state index in [1.165, 1.54) is 16.2 Å². The van der Waals surface area contributed by atoms with E-state index in [-0.39, 0.29) is 11.3 Å². The number of nitrogens with zero attached hydrogens (tertiary/aromatic N) is 2. The van der Waals surface area contributed by atoms with Crippen molar-refractivity contribution in [2.45, 2.75) is 19.9 Å². The SMILES string of the molecule is Cc1ccc(C)c(/C(O)=C2/C(=O)C(=O)N(c3ccc(C#N)cc3)C2c2cccs2)c1. The van der Waals surface area contributed by atoms with Crippen LogP contribution in [0.25, 0.3) is 5.76 Å². The third-order valence-corrected chi connectivity index (χ3v) is 6.10. The summed E-state index contributed by atoms with van der Waals surface area (Å²) in [4.78, 5) is 28.3. The molecular formula is C24H18N2O3S. The summed E-state index contributed by atoms with van der Waals surface area (Å²) >= 11 is 1.41. The molecule has 4 rings (SSSR count). The summed E-state index contributed by atoms with van der Waals surface area (Å²) in [5.74, 6) is -1.61. The number of hydrogen-bond acceptors (Lipinski definition) is 5. The molecular weight excluding hydrogens is 396 g/mol. The van der Waals surface area contributed by atoms with Gasteiger partial charge in [-0.3, -0.25) is 14.5 Å². The third-order valence-electron chi connectivity index (χ3n) is 5.18. The first-order valence-corrected chi connectivity index (χ1v) is 10.2. The monoisotopic (exact) mass is 414 g/mol. The van der Waals surface area contributed by atoms with Gasteiger partial charge < -0.3 is 5.11 Å². The van der Waals surface area contributed by atoms with E-state index in [0.29, 0.717) is 16.8 Å². The molecule has 1 aliphatic rings. The van der Waals surface area contributed by atoms with E-state index in [4.69, 9.17) is 5.26 Å². The van der Waals surface area contributed by atoms with E-state index >= 15 is 0 Å². The van der Waals surface area contributed by atoms with Gasteiger partial charge in [-0.05, 0) is 61.2 Å². The number of ketones is 1. The van der Waals surface area contributed by atoms with Crippen LogP contribution in [-0.4, -0.2) is 16.8 Å². The Hall–Kier alpha value is -3.69. The van der Waals surface area contributed by atoms with Crippen molar-refractivity contribution in [2.75, 3.05) is 4.90 Å². The van der Waals surface area contributed by atoms with Crippen LogP contribution in [0.5, 0.6) is 0 Å². The fourth-order valence-corrected chi connectivity index (χ4v) is 4.47. The van der Waals surface area contributed by atoms with E-state index in [1.54, 1.807) is 24.3 Å². The summed E-state index contributed by atoms with van der Waals surface area (Å²) < 4.78 is 0. The number of aliphatic hydroxyl groups is 1. The molecule has 1 aliphatic heterocycles. The van der Waals surface area contributed by atoms with Gasteiger partial charge in [-0.15, -0.1) is 11.3 Å². The van der Waals surface area contributed by atoms with Crippen molar-refractivity contribution in [3.05, 3.63) is 92.7 Å². The van der Waals surface area contributed by atoms with Gasteiger partial charge in [0.15, 0.2) is 0 Å². The zero-order valence-corrected chi connectivity index (χ0v) is 17.2. The summed E-state index contributed by atoms with van der Waals surface area (Å²) in [6.45, 7) is 3.76. The number of aryl methyl sites for hydroxylation is 2. The molecule has 2 aromatic carbocycles. The van der Waals surface area contributed by atoms with Gasteiger partial charge in [0.25, 0.3) is 11.7 Å². The molecule has 1 amide bonds. The molecule has 3 aromatic rings. The molecule has 148 valence electrons. The number of nitriles is 1. The van der Waals surface area contributed by atoms with Gasteiger partial charge in [0.05, 0.1) is 17.2 Å². The van der Waals surface area contributed by atoms with Crippen LogP contribution >= 0.6 is 11.3 Å². The maximum absolute atomic E-state index is 13.1. The van der Waals surface area contributed by atoms with Crippen molar-refractivity contribution >= 4 is 34.5 Å². The summed E-state index contributed by atoms with van der Waals surface area (Å²) in [5, 5.41) is 22.1. The number of Topliss-reactive ketones (excluding diaryl/α,β-unsaturated/α-hetero) is 1. The zero-order chi connectivity index (χ0) is 21.4. The highest BCUT2D eigenvalue weighted by Crippen LogP contribution is 2.43. The Kier molecular flexibility index (Phi) is 4.98. The number of aliphatic hydroxyl groups excluding tert-OH is 1. The second kappa shape index (κ2) is 7.62. The smallest absolute Gasteiger partial charge is 0.300 e. The molecule has 1 unspecified atom stereocenters. The summed E-state index contributed by atoms with van der Waals surface area (Å²) in [6.07, 6.45) is 0. The van der Waals surface area contributed by atoms with Gasteiger partial charge in [0.2, 0.25) is 0 Å². The molecule has 0 saturated carbocycles. The lowest BCUT2D eigenvalue weighted by Crippen LogP contribution is -2.29. The number of carbonyl (C=O) groups is 2. The first-order chi connectivity index (χ1) is 14.4. The number of hydrogen-bond donors (Lipinski definition) is 1. The van der Waals surface area contributed by atoms with E-state index < -0.39 is 17.7 Å². The Morgan fingerprint density at radius 1 is 1.10 bits per heavy atom. The largest absolute Gasteiger partial charge is 0.507 e. The second-order valence-electron chi connectivity index (χ2n) is 7.16. The van der Waals surface area contributed by atoms with E-state index in [1.807, 2.05) is 55.6 Å². The summed E-state index contributed by atoms with van der Waals surface area (Å²) in [6, 6.07) is 17.1. The van der Waals surface area contributed by atoms with Crippen LogP contribution in [0.4, 0.5) is 5.69 Å². The van der Waals surface area contributed by atoms with Gasteiger partial charge in [0.1, 0.15) is 11.8 Å². The van der Waals surface area contributed by atoms with Gasteiger partial charge in [-0.25, -0.2) is 0 Å². The third kappa shape index (κ3) is 3.19. The van der Waals surface area contributed by atoms with Crippen LogP contribution in [-0.2, 0) is 9.59 Å². The Morgan fingerprint density at radius 2 is 1.83 bits per heavy atom. The molecule has 1 atom stereocenters. The Balaban J connectivity index is 1.94. The molecule has 2 heterocycles. The minimum absolute atomic E-state index is 0.0699. The van der Waals surface area contributed by atoms with Crippen LogP contribution < -0.4 is 4.90 Å². The average Bonchev–Trinajstić information content (AvgIpc) is 3.37. The highest BCUT2D eigenvalue weighted by Gasteiger charge is 2.47. The van der Waals surface area contributed by atoms with Gasteiger partial charge in [-0.1, -0.05) is 23.8 Å². The number of carbonyl (C=O) groups excluding carboxylic acids is 2. The van der Waals surface area contributed by atoms with E-state index in [9.17, 15) is 14.7 Å². The Morgan fingerprint density at radius 3 is 2.47 bits per heavy atom. The van der Waals surface area contributed by atoms with Crippen LogP contribution in [0.15, 0.2) is 65.6 Å². The lowest BCUT2D eigenvalue weighted by atomic mass is 9.96. The zero-order valence-electron chi connectivity index (χ0n) is 16.4. The van der Waals surface area contributed by atoms with E-state index in [2.05, 4.69) is 0 Å². The molecule has 0 radical (unpaired) electrons. The van der Waals surface area contributed by atoms with Crippen molar-refractivity contribution < 1.29 is 14.7 Å². The maximum atomic E-state index is 13.1. The number of thiophene rings is 1. The molecule has 1 saturated heterocycles. The van der Waals surface area contributed by atoms with Crippen molar-refractivity contribution in [1.29, 1.82) is 5.26 Å². The van der Waals surface area contributed by atoms with Gasteiger partial charge >= 0.3 is 0 Å². The minimum Gasteiger partial charge on any atom is -0.507 e. The molecule has 1 aromatic heterocycles. The second-order valence-corrected chi connectivity index (χ2v) is 8.14. The predicted molar refractivity (Wildman–Crippen MR) is 116 cm³/mol. The number of anilines is 1. The number of amides is 1. The minimum atomic E-state index is -0.738. The predicted octanol–water partition coefficient (Wildman–Crippen LogP) is 4.86. The molecule has 0 bridgehead atoms. The quantitative estimate of drug-likeness (QED) is 0.377. The highest BCUT2D eigenvalue weighted by molar-refractivity contribution is 7.10. The van der Waals surface area contributed by atoms with E-state index in [0.717, 1.165) is 16.0 Å². The van der Waals surface area contributed by atoms with Crippen LogP contribution in [0.3, 0.4) is 0 Å². The van der Waals surface area contributed by atoms with Crippen molar-refractivity contribution in [3.63, 3.8) is 0 Å². The molecule has 5 nitrogen and oxygen atoms in total. The van der Waals surface area contributed by atoms with Crippen molar-refractivity contribution in [2.24, 2.45) is 0 Å². The standard InChI is InChI=1S/C24H18N2O3S/c1-14-5-6-15(2)18(12-14)22(27)20-21(19-4-3-11-30-19)26(24(29)23(20)28)17-9-7-16(13-25)8-10-17/h3-12,21,27H,1-2H3/b22-20-. The molecule has 1 N–H and O–H groups in total. The number of rotatable bonds is 3. The molecule has 1 fully saturated rings. The van der Waals surface area contributed by atoms with Crippen molar-refractivity contribution in [3.8, 4) is 6.07 Å². The fourth-order valence-electron chi connectivity index (χ4n) is 3.65. The topological polar surface area (TPSA) is 81.4 Å². The Labute approximate surface area is 178 Å². The molecule has 6 heteroatoms. The first kappa shape index (κ1) is 19.6. The van der Waals surface area contributed by atoms with Crippen LogP contribution in [0.2, 0.25) is 0 Å². The summed E-state index contributed by atoms with van der Waals surface area (Å²) in [7, 11) is 0. The Bertz CT molecular complexity index is 1220. The van der Waals surface area contributed by atoms with Crippen LogP contribution in [0, 0.1) is 25.2 Å². The van der Waals surface area contributed by atoms with Crippen molar-refractivity contribution in [1.82, 2.24) is 0 Å². The number of benzene rings is 2. The maximum Gasteiger partial charge on any atom is 0.300 e.